The highest BCUT2D eigenvalue weighted by atomic mass is 16.4. The molecule has 11 heteroatoms. The van der Waals surface area contributed by atoms with Crippen LogP contribution >= 0.6 is 0 Å². The molecule has 11 nitrogen and oxygen atoms in total. The lowest BCUT2D eigenvalue weighted by molar-refractivity contribution is -0.143. The van der Waals surface area contributed by atoms with Crippen molar-refractivity contribution in [2.24, 2.45) is 35.3 Å². The number of rotatable bonds is 18. The van der Waals surface area contributed by atoms with Crippen LogP contribution in [-0.2, 0) is 24.0 Å². The van der Waals surface area contributed by atoms with Gasteiger partial charge in [-0.1, -0.05) is 69.2 Å². The van der Waals surface area contributed by atoms with Crippen LogP contribution in [0.5, 0.6) is 0 Å². The van der Waals surface area contributed by atoms with E-state index in [9.17, 15) is 29.1 Å². The van der Waals surface area contributed by atoms with Crippen molar-refractivity contribution in [3.8, 4) is 0 Å². The molecule has 0 aromatic heterocycles. The summed E-state index contributed by atoms with van der Waals surface area (Å²) in [6, 6.07) is -4.70. The minimum atomic E-state index is -1.14. The van der Waals surface area contributed by atoms with E-state index >= 15 is 0 Å². The van der Waals surface area contributed by atoms with Crippen LogP contribution in [0.25, 0.3) is 0 Å². The predicted octanol–water partition coefficient (Wildman–Crippen LogP) is 2.18. The lowest BCUT2D eigenvalue weighted by atomic mass is 9.97. The van der Waals surface area contributed by atoms with Crippen molar-refractivity contribution in [2.75, 3.05) is 0 Å². The number of carboxylic acid groups (broad SMARTS) is 1. The fourth-order valence-corrected chi connectivity index (χ4v) is 4.32. The third-order valence-electron chi connectivity index (χ3n) is 6.31. The molecular formula is C29H55N5O6. The van der Waals surface area contributed by atoms with E-state index in [2.05, 4.69) is 21.3 Å². The van der Waals surface area contributed by atoms with E-state index in [-0.39, 0.29) is 42.4 Å². The molecule has 7 N–H and O–H groups in total. The third-order valence-corrected chi connectivity index (χ3v) is 6.31. The maximum Gasteiger partial charge on any atom is 0.326 e. The minimum Gasteiger partial charge on any atom is -0.480 e. The minimum absolute atomic E-state index is 0.0261. The van der Waals surface area contributed by atoms with Crippen LogP contribution in [-0.4, -0.2) is 64.9 Å². The first-order valence-electron chi connectivity index (χ1n) is 14.5. The first-order valence-corrected chi connectivity index (χ1v) is 14.5. The van der Waals surface area contributed by atoms with Crippen molar-refractivity contribution < 1.29 is 29.1 Å². The van der Waals surface area contributed by atoms with Crippen LogP contribution in [0.15, 0.2) is 0 Å². The molecule has 0 spiro atoms. The van der Waals surface area contributed by atoms with Crippen LogP contribution in [0.4, 0.5) is 0 Å². The molecule has 0 aromatic carbocycles. The molecule has 0 aromatic rings. The van der Waals surface area contributed by atoms with Gasteiger partial charge in [-0.05, 0) is 55.3 Å². The second-order valence-electron chi connectivity index (χ2n) is 12.9. The molecule has 40 heavy (non-hydrogen) atoms. The Hall–Kier alpha value is -2.69. The quantitative estimate of drug-likeness (QED) is 0.146. The van der Waals surface area contributed by atoms with Crippen LogP contribution in [0, 0.1) is 29.6 Å². The van der Waals surface area contributed by atoms with E-state index < -0.39 is 59.8 Å². The van der Waals surface area contributed by atoms with Crippen molar-refractivity contribution in [3.05, 3.63) is 0 Å². The molecule has 0 heterocycles. The van der Waals surface area contributed by atoms with E-state index in [1.165, 1.54) is 0 Å². The number of nitrogens with two attached hydrogens (primary N) is 1. The monoisotopic (exact) mass is 569 g/mol. The SMILES string of the molecule is CC(C)C[C@H](NC(=O)[C@H](CC(C)C)NC(=O)[C@H](CC(C)C)NC(=O)[C@@H](NC(=O)[C@@H](N)CC(C)C)C(C)C)C(=O)O. The maximum atomic E-state index is 13.4. The third kappa shape index (κ3) is 14.6. The number of amides is 4. The van der Waals surface area contributed by atoms with Gasteiger partial charge in [0, 0.05) is 0 Å². The molecule has 0 fully saturated rings. The highest BCUT2D eigenvalue weighted by Crippen LogP contribution is 2.12. The zero-order valence-electron chi connectivity index (χ0n) is 26.2. The lowest BCUT2D eigenvalue weighted by Crippen LogP contribution is -2.59. The van der Waals surface area contributed by atoms with Crippen molar-refractivity contribution in [1.82, 2.24) is 21.3 Å². The zero-order chi connectivity index (χ0) is 31.3. The van der Waals surface area contributed by atoms with Crippen molar-refractivity contribution in [3.63, 3.8) is 0 Å². The Bertz CT molecular complexity index is 843. The first-order chi connectivity index (χ1) is 18.3. The van der Waals surface area contributed by atoms with Crippen molar-refractivity contribution in [2.45, 2.75) is 125 Å². The molecular weight excluding hydrogens is 514 g/mol. The Balaban J connectivity index is 5.79. The summed E-state index contributed by atoms with van der Waals surface area (Å²) < 4.78 is 0. The van der Waals surface area contributed by atoms with Crippen LogP contribution in [0.1, 0.15) is 94.9 Å². The Morgan fingerprint density at radius 3 is 1.23 bits per heavy atom. The Labute approximate surface area is 240 Å². The van der Waals surface area contributed by atoms with Gasteiger partial charge in [0.2, 0.25) is 23.6 Å². The first kappa shape index (κ1) is 37.3. The van der Waals surface area contributed by atoms with Gasteiger partial charge in [-0.2, -0.15) is 0 Å². The van der Waals surface area contributed by atoms with Gasteiger partial charge in [0.25, 0.3) is 0 Å². The zero-order valence-corrected chi connectivity index (χ0v) is 26.2. The van der Waals surface area contributed by atoms with Gasteiger partial charge in [0.15, 0.2) is 0 Å². The number of hydrogen-bond donors (Lipinski definition) is 6. The Morgan fingerprint density at radius 1 is 0.525 bits per heavy atom. The largest absolute Gasteiger partial charge is 0.480 e. The number of nitrogens with one attached hydrogen (secondary N) is 4. The van der Waals surface area contributed by atoms with E-state index in [1.54, 1.807) is 13.8 Å². The van der Waals surface area contributed by atoms with Gasteiger partial charge in [0.05, 0.1) is 6.04 Å². The predicted molar refractivity (Wildman–Crippen MR) is 156 cm³/mol. The summed E-state index contributed by atoms with van der Waals surface area (Å²) in [6.07, 6.45) is 1.30. The smallest absolute Gasteiger partial charge is 0.326 e. The summed E-state index contributed by atoms with van der Waals surface area (Å²) in [4.78, 5) is 64.1. The molecule has 0 unspecified atom stereocenters. The van der Waals surface area contributed by atoms with E-state index in [1.807, 2.05) is 55.4 Å². The second-order valence-corrected chi connectivity index (χ2v) is 12.9. The average Bonchev–Trinajstić information content (AvgIpc) is 2.79. The molecule has 0 saturated carbocycles. The summed E-state index contributed by atoms with van der Waals surface area (Å²) in [5.74, 6) is -3.20. The van der Waals surface area contributed by atoms with E-state index in [0.29, 0.717) is 12.8 Å². The van der Waals surface area contributed by atoms with Crippen molar-refractivity contribution >= 4 is 29.6 Å². The van der Waals surface area contributed by atoms with Gasteiger partial charge >= 0.3 is 5.97 Å². The van der Waals surface area contributed by atoms with Crippen LogP contribution < -0.4 is 27.0 Å². The normalized spacial score (nSPS) is 15.5. The number of carboxylic acids is 1. The number of aliphatic carboxylic acids is 1. The summed E-state index contributed by atoms with van der Waals surface area (Å²) in [7, 11) is 0. The molecule has 0 bridgehead atoms. The molecule has 0 saturated heterocycles. The van der Waals surface area contributed by atoms with Gasteiger partial charge < -0.3 is 32.1 Å². The summed E-state index contributed by atoms with van der Waals surface area (Å²) >= 11 is 0. The fourth-order valence-electron chi connectivity index (χ4n) is 4.32. The topological polar surface area (TPSA) is 180 Å². The van der Waals surface area contributed by atoms with Gasteiger partial charge in [-0.15, -0.1) is 0 Å². The maximum absolute atomic E-state index is 13.4. The highest BCUT2D eigenvalue weighted by molar-refractivity contribution is 5.95. The molecule has 5 atom stereocenters. The summed E-state index contributed by atoms with van der Waals surface area (Å²) in [5, 5.41) is 20.3. The standard InChI is InChI=1S/C29H55N5O6/c1-15(2)11-20(30)25(35)34-24(19(9)10)28(38)32-22(13-17(5)6)26(36)31-21(12-16(3)4)27(37)33-23(29(39)40)14-18(7)8/h15-24H,11-14,30H2,1-10H3,(H,31,36)(H,32,38)(H,33,37)(H,34,35)(H,39,40)/t20-,21-,22-,23-,24-/m0/s1. The highest BCUT2D eigenvalue weighted by Gasteiger charge is 2.33. The number of carbonyl (C=O) groups excluding carboxylic acids is 4. The van der Waals surface area contributed by atoms with E-state index in [0.717, 1.165) is 0 Å². The van der Waals surface area contributed by atoms with Gasteiger partial charge in [0.1, 0.15) is 24.2 Å². The number of hydrogen-bond acceptors (Lipinski definition) is 6. The fraction of sp³-hybridized carbons (Fsp3) is 0.828. The molecule has 4 amide bonds. The van der Waals surface area contributed by atoms with Gasteiger partial charge in [-0.3, -0.25) is 19.2 Å². The number of carbonyl (C=O) groups is 5. The molecule has 0 radical (unpaired) electrons. The van der Waals surface area contributed by atoms with Gasteiger partial charge in [-0.25, -0.2) is 4.79 Å². The average molecular weight is 570 g/mol. The molecule has 0 aliphatic heterocycles. The molecule has 232 valence electrons. The molecule has 0 rings (SSSR count). The molecule has 0 aliphatic rings. The summed E-state index contributed by atoms with van der Waals surface area (Å²) in [5.41, 5.74) is 6.00. The van der Waals surface area contributed by atoms with E-state index in [4.69, 9.17) is 5.73 Å². The van der Waals surface area contributed by atoms with Crippen LogP contribution in [0.3, 0.4) is 0 Å². The van der Waals surface area contributed by atoms with Crippen LogP contribution in [0.2, 0.25) is 0 Å². The lowest BCUT2D eigenvalue weighted by Gasteiger charge is -2.29. The Morgan fingerprint density at radius 2 is 0.875 bits per heavy atom. The van der Waals surface area contributed by atoms with Crippen molar-refractivity contribution in [1.29, 1.82) is 0 Å². The Kier molecular flexibility index (Phi) is 16.7. The molecule has 0 aliphatic carbocycles. The second kappa shape index (κ2) is 17.9. The summed E-state index contributed by atoms with van der Waals surface area (Å²) in [6.45, 7) is 18.8.